The Morgan fingerprint density at radius 3 is 2.90 bits per heavy atom. The molecule has 0 N–H and O–H groups in total. The molecule has 0 aliphatic heterocycles. The highest BCUT2D eigenvalue weighted by Gasteiger charge is 2.23. The van der Waals surface area contributed by atoms with Gasteiger partial charge in [-0.3, -0.25) is 0 Å². The van der Waals surface area contributed by atoms with Gasteiger partial charge in [0.25, 0.3) is 0 Å². The number of allylic oxidation sites excluding steroid dienone is 1. The van der Waals surface area contributed by atoms with E-state index in [1.54, 1.807) is 0 Å². The molecule has 10 heavy (non-hydrogen) atoms. The summed E-state index contributed by atoms with van der Waals surface area (Å²) in [6.07, 6.45) is 4.56. The minimum absolute atomic E-state index is 0.190. The summed E-state index contributed by atoms with van der Waals surface area (Å²) in [7, 11) is 0. The van der Waals surface area contributed by atoms with Crippen molar-refractivity contribution in [3.8, 4) is 0 Å². The Balaban J connectivity index is 2.54. The van der Waals surface area contributed by atoms with E-state index in [4.69, 9.17) is 0 Å². The molecule has 1 nitrogen and oxygen atoms in total. The Labute approximate surface area is 62.1 Å². The zero-order valence-electron chi connectivity index (χ0n) is 6.47. The first-order chi connectivity index (χ1) is 4.75. The molecule has 1 aliphatic rings. The van der Waals surface area contributed by atoms with Crippen LogP contribution in [0.25, 0.3) is 0 Å². The van der Waals surface area contributed by atoms with Crippen LogP contribution in [0.15, 0.2) is 12.2 Å². The molecule has 0 unspecified atom stereocenters. The monoisotopic (exact) mass is 138 g/mol. The third-order valence-electron chi connectivity index (χ3n) is 2.39. The minimum atomic E-state index is 0.190. The lowest BCUT2D eigenvalue weighted by Crippen LogP contribution is -2.09. The predicted octanol–water partition coefficient (Wildman–Crippen LogP) is 2.18. The van der Waals surface area contributed by atoms with Gasteiger partial charge in [0.15, 0.2) is 0 Å². The van der Waals surface area contributed by atoms with Gasteiger partial charge in [0.2, 0.25) is 0 Å². The smallest absolute Gasteiger partial charge is 0.123 e. The minimum Gasteiger partial charge on any atom is -0.303 e. The maximum atomic E-state index is 10.4. The van der Waals surface area contributed by atoms with E-state index in [2.05, 4.69) is 6.58 Å². The zero-order valence-corrected chi connectivity index (χ0v) is 6.47. The Morgan fingerprint density at radius 2 is 2.50 bits per heavy atom. The molecule has 0 radical (unpaired) electrons. The Hall–Kier alpha value is -0.590. The molecule has 56 valence electrons. The lowest BCUT2D eigenvalue weighted by molar-refractivity contribution is -0.111. The van der Waals surface area contributed by atoms with E-state index in [1.165, 1.54) is 18.4 Å². The van der Waals surface area contributed by atoms with Crippen molar-refractivity contribution in [3.05, 3.63) is 12.2 Å². The van der Waals surface area contributed by atoms with Crippen molar-refractivity contribution in [1.29, 1.82) is 0 Å². The summed E-state index contributed by atoms with van der Waals surface area (Å²) in [4.78, 5) is 10.4. The van der Waals surface area contributed by atoms with Gasteiger partial charge in [-0.25, -0.2) is 0 Å². The maximum Gasteiger partial charge on any atom is 0.123 e. The average molecular weight is 138 g/mol. The second-order valence-corrected chi connectivity index (χ2v) is 3.15. The van der Waals surface area contributed by atoms with Gasteiger partial charge in [-0.2, -0.15) is 0 Å². The van der Waals surface area contributed by atoms with Gasteiger partial charge < -0.3 is 4.79 Å². The summed E-state index contributed by atoms with van der Waals surface area (Å²) in [5.74, 6) is 0.674. The molecule has 1 heteroatoms. The second kappa shape index (κ2) is 3.00. The van der Waals surface area contributed by atoms with Crippen LogP contribution >= 0.6 is 0 Å². The van der Waals surface area contributed by atoms with Crippen molar-refractivity contribution in [1.82, 2.24) is 0 Å². The number of carbonyl (C=O) groups excluding carboxylic acids is 1. The number of hydrogen-bond donors (Lipinski definition) is 0. The van der Waals surface area contributed by atoms with Gasteiger partial charge in [-0.15, -0.1) is 0 Å². The molecule has 0 aromatic rings. The Kier molecular flexibility index (Phi) is 2.25. The largest absolute Gasteiger partial charge is 0.303 e. The first kappa shape index (κ1) is 7.52. The van der Waals surface area contributed by atoms with E-state index < -0.39 is 0 Å². The van der Waals surface area contributed by atoms with Crippen LogP contribution in [0.5, 0.6) is 0 Å². The molecule has 0 aromatic carbocycles. The van der Waals surface area contributed by atoms with Gasteiger partial charge in [0, 0.05) is 5.92 Å². The molecule has 2 atom stereocenters. The van der Waals surface area contributed by atoms with Crippen molar-refractivity contribution in [3.63, 3.8) is 0 Å². The van der Waals surface area contributed by atoms with E-state index in [0.717, 1.165) is 12.7 Å². The Bertz CT molecular complexity index is 149. The van der Waals surface area contributed by atoms with E-state index in [-0.39, 0.29) is 5.92 Å². The van der Waals surface area contributed by atoms with Crippen molar-refractivity contribution in [2.45, 2.75) is 26.2 Å². The fraction of sp³-hybridized carbons (Fsp3) is 0.667. The van der Waals surface area contributed by atoms with Crippen LogP contribution in [0, 0.1) is 11.8 Å². The van der Waals surface area contributed by atoms with E-state index >= 15 is 0 Å². The first-order valence-electron chi connectivity index (χ1n) is 3.88. The van der Waals surface area contributed by atoms with Crippen LogP contribution in [0.3, 0.4) is 0 Å². The molecular formula is C9H14O. The molecule has 1 aliphatic carbocycles. The quantitative estimate of drug-likeness (QED) is 0.422. The molecular weight excluding hydrogens is 124 g/mol. The third-order valence-corrected chi connectivity index (χ3v) is 2.39. The molecule has 0 amide bonds. The highest BCUT2D eigenvalue weighted by Crippen LogP contribution is 2.34. The van der Waals surface area contributed by atoms with Gasteiger partial charge in [0.1, 0.15) is 6.29 Å². The number of carbonyl (C=O) groups is 1. The van der Waals surface area contributed by atoms with Crippen molar-refractivity contribution >= 4 is 6.29 Å². The van der Waals surface area contributed by atoms with Gasteiger partial charge in [-0.1, -0.05) is 19.1 Å². The van der Waals surface area contributed by atoms with Gasteiger partial charge in [-0.05, 0) is 25.2 Å². The lowest BCUT2D eigenvalue weighted by Gasteiger charge is -2.12. The van der Waals surface area contributed by atoms with Gasteiger partial charge >= 0.3 is 0 Å². The summed E-state index contributed by atoms with van der Waals surface area (Å²) < 4.78 is 0. The molecule has 0 bridgehead atoms. The van der Waals surface area contributed by atoms with E-state index in [9.17, 15) is 4.79 Å². The summed E-state index contributed by atoms with van der Waals surface area (Å²) in [6, 6.07) is 0. The number of aldehydes is 1. The van der Waals surface area contributed by atoms with E-state index in [1.807, 2.05) is 6.92 Å². The SMILES string of the molecule is C=C1CCC[C@H]1[C@H](C)C=O. The summed E-state index contributed by atoms with van der Waals surface area (Å²) in [6.45, 7) is 5.93. The van der Waals surface area contributed by atoms with Gasteiger partial charge in [0.05, 0.1) is 0 Å². The van der Waals surface area contributed by atoms with Crippen molar-refractivity contribution in [2.75, 3.05) is 0 Å². The lowest BCUT2D eigenvalue weighted by atomic mass is 9.91. The highest BCUT2D eigenvalue weighted by molar-refractivity contribution is 5.54. The second-order valence-electron chi connectivity index (χ2n) is 3.15. The number of rotatable bonds is 2. The zero-order chi connectivity index (χ0) is 7.56. The molecule has 1 fully saturated rings. The average Bonchev–Trinajstić information content (AvgIpc) is 2.34. The predicted molar refractivity (Wildman–Crippen MR) is 41.7 cm³/mol. The maximum absolute atomic E-state index is 10.4. The number of hydrogen-bond acceptors (Lipinski definition) is 1. The normalized spacial score (nSPS) is 28.5. The Morgan fingerprint density at radius 1 is 1.80 bits per heavy atom. The standard InChI is InChI=1S/C9H14O/c1-7-4-3-5-9(7)8(2)6-10/h6,8-9H,1,3-5H2,2H3/t8-,9-/m1/s1. The van der Waals surface area contributed by atoms with Crippen molar-refractivity contribution in [2.24, 2.45) is 11.8 Å². The van der Waals surface area contributed by atoms with Crippen LogP contribution in [-0.4, -0.2) is 6.29 Å². The van der Waals surface area contributed by atoms with Crippen LogP contribution in [0.4, 0.5) is 0 Å². The third kappa shape index (κ3) is 1.28. The highest BCUT2D eigenvalue weighted by atomic mass is 16.1. The van der Waals surface area contributed by atoms with E-state index in [0.29, 0.717) is 5.92 Å². The summed E-state index contributed by atoms with van der Waals surface area (Å²) in [5, 5.41) is 0. The molecule has 0 spiro atoms. The summed E-state index contributed by atoms with van der Waals surface area (Å²) >= 11 is 0. The van der Waals surface area contributed by atoms with Crippen LogP contribution in [-0.2, 0) is 4.79 Å². The van der Waals surface area contributed by atoms with Crippen LogP contribution in [0.2, 0.25) is 0 Å². The fourth-order valence-electron chi connectivity index (χ4n) is 1.67. The molecule has 0 aromatic heterocycles. The van der Waals surface area contributed by atoms with Crippen molar-refractivity contribution < 1.29 is 4.79 Å². The van der Waals surface area contributed by atoms with Crippen LogP contribution < -0.4 is 0 Å². The fourth-order valence-corrected chi connectivity index (χ4v) is 1.67. The topological polar surface area (TPSA) is 17.1 Å². The molecule has 1 rings (SSSR count). The first-order valence-corrected chi connectivity index (χ1v) is 3.88. The van der Waals surface area contributed by atoms with Crippen LogP contribution in [0.1, 0.15) is 26.2 Å². The molecule has 0 saturated heterocycles. The molecule has 0 heterocycles. The molecule has 1 saturated carbocycles. The summed E-state index contributed by atoms with van der Waals surface area (Å²) in [5.41, 5.74) is 1.28.